The number of hydrogen-bond donors (Lipinski definition) is 0. The standard InChI is InChI=1S/C18H35/c1-3-5-7-9-11-13-15-17-18-16-14-12-10-8-6-4-2/h3,5,11H,4,6-10,12-18H2,1-2H3. The maximum Gasteiger partial charge on any atom is -0.0348 e. The molecule has 0 fully saturated rings. The van der Waals surface area contributed by atoms with E-state index < -0.39 is 0 Å². The molecule has 0 N–H and O–H groups in total. The van der Waals surface area contributed by atoms with Crippen LogP contribution in [0.25, 0.3) is 0 Å². The van der Waals surface area contributed by atoms with E-state index in [0.717, 1.165) is 0 Å². The predicted octanol–water partition coefficient (Wildman–Crippen LogP) is 6.86. The van der Waals surface area contributed by atoms with E-state index in [9.17, 15) is 0 Å². The van der Waals surface area contributed by atoms with Crippen molar-refractivity contribution < 1.29 is 0 Å². The van der Waals surface area contributed by atoms with E-state index in [4.69, 9.17) is 0 Å². The fraction of sp³-hybridized carbons (Fsp3) is 0.833. The van der Waals surface area contributed by atoms with Crippen LogP contribution >= 0.6 is 0 Å². The van der Waals surface area contributed by atoms with Crippen LogP contribution in [0.4, 0.5) is 0 Å². The molecule has 0 atom stereocenters. The third-order valence-corrected chi connectivity index (χ3v) is 3.53. The highest BCUT2D eigenvalue weighted by Gasteiger charge is 1.93. The predicted molar refractivity (Wildman–Crippen MR) is 84.8 cm³/mol. The summed E-state index contributed by atoms with van der Waals surface area (Å²) in [5.74, 6) is 0. The largest absolute Gasteiger partial charge is 0.0917 e. The lowest BCUT2D eigenvalue weighted by molar-refractivity contribution is 0.554. The van der Waals surface area contributed by atoms with Crippen molar-refractivity contribution in [2.75, 3.05) is 0 Å². The Hall–Kier alpha value is -0.260. The Balaban J connectivity index is 2.90. The average molecular weight is 251 g/mol. The van der Waals surface area contributed by atoms with Crippen LogP contribution < -0.4 is 0 Å². The van der Waals surface area contributed by atoms with Crippen molar-refractivity contribution in [3.05, 3.63) is 18.6 Å². The molecule has 0 aliphatic carbocycles. The van der Waals surface area contributed by atoms with Crippen molar-refractivity contribution in [2.24, 2.45) is 0 Å². The highest BCUT2D eigenvalue weighted by atomic mass is 14.0. The van der Waals surface area contributed by atoms with E-state index in [0.29, 0.717) is 0 Å². The molecular formula is C18H35. The number of hydrogen-bond acceptors (Lipinski definition) is 0. The van der Waals surface area contributed by atoms with Gasteiger partial charge in [-0.25, -0.2) is 0 Å². The lowest BCUT2D eigenvalue weighted by atomic mass is 10.0. The van der Waals surface area contributed by atoms with Gasteiger partial charge in [-0.1, -0.05) is 89.7 Å². The normalized spacial score (nSPS) is 11.4. The first-order valence-electron chi connectivity index (χ1n) is 8.34. The van der Waals surface area contributed by atoms with Gasteiger partial charge in [-0.05, 0) is 26.2 Å². The van der Waals surface area contributed by atoms with Crippen molar-refractivity contribution in [3.63, 3.8) is 0 Å². The lowest BCUT2D eigenvalue weighted by Crippen LogP contribution is -1.83. The molecule has 0 aliphatic heterocycles. The van der Waals surface area contributed by atoms with Crippen molar-refractivity contribution in [3.8, 4) is 0 Å². The summed E-state index contributed by atoms with van der Waals surface area (Å²) in [5, 5.41) is 0. The summed E-state index contributed by atoms with van der Waals surface area (Å²) < 4.78 is 0. The summed E-state index contributed by atoms with van der Waals surface area (Å²) in [6.07, 6.45) is 25.1. The molecule has 107 valence electrons. The van der Waals surface area contributed by atoms with E-state index in [-0.39, 0.29) is 0 Å². The van der Waals surface area contributed by atoms with Gasteiger partial charge < -0.3 is 0 Å². The van der Waals surface area contributed by atoms with Crippen LogP contribution in [0.3, 0.4) is 0 Å². The van der Waals surface area contributed by atoms with Crippen LogP contribution in [0.2, 0.25) is 0 Å². The minimum Gasteiger partial charge on any atom is -0.0917 e. The monoisotopic (exact) mass is 251 g/mol. The van der Waals surface area contributed by atoms with E-state index in [1.165, 1.54) is 83.5 Å². The van der Waals surface area contributed by atoms with Crippen LogP contribution in [0, 0.1) is 6.42 Å². The van der Waals surface area contributed by atoms with Crippen molar-refractivity contribution >= 4 is 0 Å². The molecule has 0 saturated heterocycles. The molecule has 0 heteroatoms. The molecule has 0 bridgehead atoms. The molecule has 0 aromatic carbocycles. The summed E-state index contributed by atoms with van der Waals surface area (Å²) in [5.41, 5.74) is 0. The highest BCUT2D eigenvalue weighted by molar-refractivity contribution is 4.79. The van der Waals surface area contributed by atoms with Gasteiger partial charge in [0, 0.05) is 0 Å². The van der Waals surface area contributed by atoms with Gasteiger partial charge in [0.15, 0.2) is 0 Å². The summed E-state index contributed by atoms with van der Waals surface area (Å²) in [6, 6.07) is 0. The molecule has 0 spiro atoms. The highest BCUT2D eigenvalue weighted by Crippen LogP contribution is 2.12. The fourth-order valence-corrected chi connectivity index (χ4v) is 2.30. The first-order chi connectivity index (χ1) is 8.91. The second kappa shape index (κ2) is 16.7. The minimum absolute atomic E-state index is 1.23. The third kappa shape index (κ3) is 15.7. The van der Waals surface area contributed by atoms with Gasteiger partial charge in [0.2, 0.25) is 0 Å². The number of unbranched alkanes of at least 4 members (excludes halogenated alkanes) is 13. The Bertz CT molecular complexity index is 157. The van der Waals surface area contributed by atoms with Crippen molar-refractivity contribution in [1.29, 1.82) is 0 Å². The Morgan fingerprint density at radius 3 is 1.72 bits per heavy atom. The molecule has 18 heavy (non-hydrogen) atoms. The van der Waals surface area contributed by atoms with Gasteiger partial charge in [-0.15, -0.1) is 0 Å². The van der Waals surface area contributed by atoms with Crippen molar-refractivity contribution in [1.82, 2.24) is 0 Å². The van der Waals surface area contributed by atoms with Crippen molar-refractivity contribution in [2.45, 2.75) is 97.3 Å². The van der Waals surface area contributed by atoms with E-state index in [1.807, 2.05) is 0 Å². The molecule has 0 amide bonds. The van der Waals surface area contributed by atoms with Gasteiger partial charge in [-0.3, -0.25) is 0 Å². The molecule has 0 nitrogen and oxygen atoms in total. The molecule has 0 saturated carbocycles. The van der Waals surface area contributed by atoms with Gasteiger partial charge in [0.1, 0.15) is 0 Å². The molecule has 0 heterocycles. The SMILES string of the molecule is CC=CCC[CH]CCCCCCCCCCCC. The summed E-state index contributed by atoms with van der Waals surface area (Å²) in [7, 11) is 0. The van der Waals surface area contributed by atoms with Crippen LogP contribution in [-0.4, -0.2) is 0 Å². The molecule has 0 rings (SSSR count). The molecule has 0 aliphatic rings. The minimum atomic E-state index is 1.23. The van der Waals surface area contributed by atoms with Gasteiger partial charge in [0.05, 0.1) is 0 Å². The zero-order chi connectivity index (χ0) is 13.3. The zero-order valence-corrected chi connectivity index (χ0v) is 12.9. The first kappa shape index (κ1) is 17.7. The van der Waals surface area contributed by atoms with E-state index >= 15 is 0 Å². The third-order valence-electron chi connectivity index (χ3n) is 3.53. The lowest BCUT2D eigenvalue weighted by Gasteiger charge is -2.02. The molecule has 0 aromatic heterocycles. The average Bonchev–Trinajstić information content (AvgIpc) is 2.39. The topological polar surface area (TPSA) is 0 Å². The van der Waals surface area contributed by atoms with Gasteiger partial charge in [0.25, 0.3) is 0 Å². The summed E-state index contributed by atoms with van der Waals surface area (Å²) >= 11 is 0. The first-order valence-corrected chi connectivity index (χ1v) is 8.34. The maximum absolute atomic E-state index is 2.46. The van der Waals surface area contributed by atoms with Crippen LogP contribution in [-0.2, 0) is 0 Å². The second-order valence-electron chi connectivity index (χ2n) is 5.41. The van der Waals surface area contributed by atoms with Gasteiger partial charge >= 0.3 is 0 Å². The Morgan fingerprint density at radius 2 is 1.17 bits per heavy atom. The number of rotatable bonds is 14. The van der Waals surface area contributed by atoms with Crippen LogP contribution in [0.5, 0.6) is 0 Å². The summed E-state index contributed by atoms with van der Waals surface area (Å²) in [6.45, 7) is 4.39. The van der Waals surface area contributed by atoms with E-state index in [1.54, 1.807) is 0 Å². The quantitative estimate of drug-likeness (QED) is 0.234. The van der Waals surface area contributed by atoms with Crippen LogP contribution in [0.15, 0.2) is 12.2 Å². The summed E-state index contributed by atoms with van der Waals surface area (Å²) in [4.78, 5) is 0. The Kier molecular flexibility index (Phi) is 16.5. The van der Waals surface area contributed by atoms with Crippen LogP contribution in [0.1, 0.15) is 97.3 Å². The molecule has 0 aromatic rings. The van der Waals surface area contributed by atoms with E-state index in [2.05, 4.69) is 32.4 Å². The van der Waals surface area contributed by atoms with Gasteiger partial charge in [-0.2, -0.15) is 0 Å². The number of allylic oxidation sites excluding steroid dienone is 2. The second-order valence-corrected chi connectivity index (χ2v) is 5.41. The fourth-order valence-electron chi connectivity index (χ4n) is 2.30. The Labute approximate surface area is 116 Å². The molecule has 0 unspecified atom stereocenters. The zero-order valence-electron chi connectivity index (χ0n) is 12.9. The molecule has 1 radical (unpaired) electrons. The smallest absolute Gasteiger partial charge is 0.0348 e. The molecular weight excluding hydrogens is 216 g/mol. The Morgan fingerprint density at radius 1 is 0.611 bits per heavy atom. The maximum atomic E-state index is 2.46.